The maximum Gasteiger partial charge on any atom is 0.258 e. The van der Waals surface area contributed by atoms with Crippen LogP contribution < -0.4 is 5.73 Å². The van der Waals surface area contributed by atoms with Gasteiger partial charge in [-0.05, 0) is 12.1 Å². The number of nitrogen functional groups attached to an aromatic ring is 1. The van der Waals surface area contributed by atoms with Crippen molar-refractivity contribution >= 4 is 21.6 Å². The lowest BCUT2D eigenvalue weighted by atomic mass is 10.3. The van der Waals surface area contributed by atoms with Crippen molar-refractivity contribution in [2.24, 2.45) is 0 Å². The van der Waals surface area contributed by atoms with Crippen molar-refractivity contribution in [1.29, 1.82) is 0 Å². The second kappa shape index (κ2) is 4.20. The molecule has 2 N–H and O–H groups in total. The largest absolute Gasteiger partial charge is 0.368 e. The van der Waals surface area contributed by atoms with Gasteiger partial charge in [0.2, 0.25) is 15.8 Å². The second-order valence-electron chi connectivity index (χ2n) is 4.02. The van der Waals surface area contributed by atoms with Gasteiger partial charge in [-0.2, -0.15) is 19.5 Å². The van der Waals surface area contributed by atoms with Crippen LogP contribution in [0.15, 0.2) is 29.7 Å². The highest BCUT2D eigenvalue weighted by Crippen LogP contribution is 2.16. The molecule has 9 nitrogen and oxygen atoms in total. The first-order valence-corrected chi connectivity index (χ1v) is 7.35. The average Bonchev–Trinajstić information content (AvgIpc) is 2.83. The first-order chi connectivity index (χ1) is 9.45. The van der Waals surface area contributed by atoms with Crippen molar-refractivity contribution in [1.82, 2.24) is 29.5 Å². The fourth-order valence-electron chi connectivity index (χ4n) is 1.57. The van der Waals surface area contributed by atoms with Crippen molar-refractivity contribution < 1.29 is 8.42 Å². The van der Waals surface area contributed by atoms with Gasteiger partial charge < -0.3 is 5.73 Å². The zero-order valence-electron chi connectivity index (χ0n) is 10.3. The number of nitrogens with two attached hydrogens (primary N) is 1. The van der Waals surface area contributed by atoms with Crippen molar-refractivity contribution in [2.45, 2.75) is 5.16 Å². The molecule has 102 valence electrons. The zero-order valence-corrected chi connectivity index (χ0v) is 11.1. The fourth-order valence-corrected chi connectivity index (χ4v) is 2.08. The minimum absolute atomic E-state index is 0.0738. The van der Waals surface area contributed by atoms with Gasteiger partial charge in [0.1, 0.15) is 0 Å². The molecular formula is C10H9N7O2S. The molecule has 3 aromatic rings. The molecule has 0 spiro atoms. The lowest BCUT2D eigenvalue weighted by Gasteiger charge is -1.99. The third-order valence-electron chi connectivity index (χ3n) is 2.48. The molecule has 20 heavy (non-hydrogen) atoms. The van der Waals surface area contributed by atoms with Gasteiger partial charge in [-0.15, -0.1) is 5.10 Å². The number of hydrogen-bond donors (Lipinski definition) is 1. The number of anilines is 1. The van der Waals surface area contributed by atoms with Crippen LogP contribution in [-0.4, -0.2) is 44.2 Å². The van der Waals surface area contributed by atoms with E-state index in [1.165, 1.54) is 4.52 Å². The van der Waals surface area contributed by atoms with Crippen LogP contribution in [0, 0.1) is 0 Å². The van der Waals surface area contributed by atoms with Crippen LogP contribution >= 0.6 is 0 Å². The van der Waals surface area contributed by atoms with Gasteiger partial charge in [0.15, 0.2) is 5.82 Å². The zero-order chi connectivity index (χ0) is 14.3. The number of hydrogen-bond acceptors (Lipinski definition) is 8. The molecule has 0 aromatic carbocycles. The highest BCUT2D eigenvalue weighted by atomic mass is 32.2. The van der Waals surface area contributed by atoms with Gasteiger partial charge in [-0.25, -0.2) is 8.42 Å². The number of nitrogens with zero attached hydrogens (tertiary/aromatic N) is 6. The summed E-state index contributed by atoms with van der Waals surface area (Å²) in [6.45, 7) is 0. The Morgan fingerprint density at radius 1 is 1.15 bits per heavy atom. The highest BCUT2D eigenvalue weighted by molar-refractivity contribution is 7.90. The van der Waals surface area contributed by atoms with Crippen LogP contribution in [0.4, 0.5) is 5.95 Å². The Morgan fingerprint density at radius 2 is 1.85 bits per heavy atom. The third kappa shape index (κ3) is 2.05. The molecule has 0 bridgehead atoms. The molecule has 0 saturated heterocycles. The molecule has 0 aliphatic heterocycles. The Balaban J connectivity index is 2.24. The van der Waals surface area contributed by atoms with Crippen LogP contribution in [0.25, 0.3) is 17.2 Å². The molecule has 0 aliphatic carbocycles. The molecule has 3 rings (SSSR count). The Hall–Kier alpha value is -2.62. The smallest absolute Gasteiger partial charge is 0.258 e. The Kier molecular flexibility index (Phi) is 2.61. The van der Waals surface area contributed by atoms with Crippen LogP contribution in [0.3, 0.4) is 0 Å². The summed E-state index contributed by atoms with van der Waals surface area (Å²) < 4.78 is 24.1. The molecule has 3 aromatic heterocycles. The summed E-state index contributed by atoms with van der Waals surface area (Å²) in [6.07, 6.45) is 4.19. The van der Waals surface area contributed by atoms with E-state index in [4.69, 9.17) is 5.73 Å². The summed E-state index contributed by atoms with van der Waals surface area (Å²) in [6, 6.07) is 3.44. The van der Waals surface area contributed by atoms with Gasteiger partial charge in [-0.3, -0.25) is 4.98 Å². The second-order valence-corrected chi connectivity index (χ2v) is 5.93. The maximum absolute atomic E-state index is 11.5. The summed E-state index contributed by atoms with van der Waals surface area (Å²) in [5, 5.41) is 3.76. The summed E-state index contributed by atoms with van der Waals surface area (Å²) in [7, 11) is -3.57. The predicted molar refractivity (Wildman–Crippen MR) is 69.3 cm³/mol. The summed E-state index contributed by atoms with van der Waals surface area (Å²) in [5.74, 6) is 0.340. The SMILES string of the molecule is CS(=O)(=O)c1nc(N)n2nc(-c3ccncc3)nc2n1. The van der Waals surface area contributed by atoms with Gasteiger partial charge in [0.05, 0.1) is 0 Å². The lowest BCUT2D eigenvalue weighted by molar-refractivity contribution is 0.592. The molecule has 0 saturated carbocycles. The van der Waals surface area contributed by atoms with Crippen LogP contribution in [0.5, 0.6) is 0 Å². The predicted octanol–water partition coefficient (Wildman–Crippen LogP) is -0.433. The van der Waals surface area contributed by atoms with Crippen molar-refractivity contribution in [2.75, 3.05) is 12.0 Å². The maximum atomic E-state index is 11.5. The standard InChI is InChI=1S/C10H9N7O2S/c1-20(18,19)10-14-8(11)17-9(15-10)13-7(16-17)6-2-4-12-5-3-6/h2-5H,1H3,(H2,11,13,14,15,16). The molecule has 0 unspecified atom stereocenters. The minimum atomic E-state index is -3.57. The van der Waals surface area contributed by atoms with E-state index >= 15 is 0 Å². The summed E-state index contributed by atoms with van der Waals surface area (Å²) in [4.78, 5) is 15.6. The number of pyridine rings is 1. The molecule has 0 amide bonds. The monoisotopic (exact) mass is 291 g/mol. The van der Waals surface area contributed by atoms with Crippen LogP contribution in [0.1, 0.15) is 0 Å². The molecule has 0 radical (unpaired) electrons. The molecule has 0 fully saturated rings. The van der Waals surface area contributed by atoms with E-state index in [1.807, 2.05) is 0 Å². The van der Waals surface area contributed by atoms with E-state index in [-0.39, 0.29) is 16.9 Å². The first kappa shape index (κ1) is 12.4. The lowest BCUT2D eigenvalue weighted by Crippen LogP contribution is -2.11. The van der Waals surface area contributed by atoms with E-state index in [9.17, 15) is 8.42 Å². The van der Waals surface area contributed by atoms with Crippen molar-refractivity contribution in [3.05, 3.63) is 24.5 Å². The number of fused-ring (bicyclic) bond motifs is 1. The Morgan fingerprint density at radius 3 is 2.50 bits per heavy atom. The average molecular weight is 291 g/mol. The quantitative estimate of drug-likeness (QED) is 0.673. The van der Waals surface area contributed by atoms with Gasteiger partial charge in [0.25, 0.3) is 10.9 Å². The van der Waals surface area contributed by atoms with Gasteiger partial charge in [0, 0.05) is 24.2 Å². The molecule has 10 heteroatoms. The van der Waals surface area contributed by atoms with Gasteiger partial charge >= 0.3 is 0 Å². The van der Waals surface area contributed by atoms with Crippen molar-refractivity contribution in [3.63, 3.8) is 0 Å². The van der Waals surface area contributed by atoms with Crippen LogP contribution in [-0.2, 0) is 9.84 Å². The molecular weight excluding hydrogens is 282 g/mol. The summed E-state index contributed by atoms with van der Waals surface area (Å²) >= 11 is 0. The number of rotatable bonds is 2. The molecule has 0 atom stereocenters. The fraction of sp³-hybridized carbons (Fsp3) is 0.100. The third-order valence-corrected chi connectivity index (χ3v) is 3.33. The Labute approximate surface area is 113 Å². The first-order valence-electron chi connectivity index (χ1n) is 5.46. The highest BCUT2D eigenvalue weighted by Gasteiger charge is 2.17. The number of sulfone groups is 1. The van der Waals surface area contributed by atoms with Gasteiger partial charge in [-0.1, -0.05) is 0 Å². The molecule has 0 aliphatic rings. The molecule has 3 heterocycles. The van der Waals surface area contributed by atoms with E-state index in [0.717, 1.165) is 6.26 Å². The van der Waals surface area contributed by atoms with E-state index in [2.05, 4.69) is 25.0 Å². The summed E-state index contributed by atoms with van der Waals surface area (Å²) in [5.41, 5.74) is 6.39. The van der Waals surface area contributed by atoms with Crippen LogP contribution in [0.2, 0.25) is 0 Å². The van der Waals surface area contributed by atoms with Crippen molar-refractivity contribution in [3.8, 4) is 11.4 Å². The van der Waals surface area contributed by atoms with E-state index in [1.54, 1.807) is 24.5 Å². The van der Waals surface area contributed by atoms with E-state index in [0.29, 0.717) is 11.4 Å². The number of aromatic nitrogens is 6. The Bertz CT molecular complexity index is 889. The normalized spacial score (nSPS) is 11.8. The van der Waals surface area contributed by atoms with E-state index < -0.39 is 9.84 Å². The topological polar surface area (TPSA) is 129 Å². The minimum Gasteiger partial charge on any atom is -0.368 e.